The number of aromatic amines is 1. The number of rotatable bonds is 7. The number of nitrogens with one attached hydrogen (secondary N) is 3. The van der Waals surface area contributed by atoms with Gasteiger partial charge in [-0.2, -0.15) is 0 Å². The number of anilines is 1. The van der Waals surface area contributed by atoms with Crippen molar-refractivity contribution in [1.82, 2.24) is 19.9 Å². The number of alkyl carbamates (subject to hydrolysis) is 1. The quantitative estimate of drug-likeness (QED) is 0.327. The van der Waals surface area contributed by atoms with Gasteiger partial charge in [0.15, 0.2) is 0 Å². The van der Waals surface area contributed by atoms with Gasteiger partial charge >= 0.3 is 6.09 Å². The molecule has 0 bridgehead atoms. The highest BCUT2D eigenvalue weighted by Gasteiger charge is 2.26. The molecule has 4 rings (SSSR count). The Labute approximate surface area is 211 Å². The Balaban J connectivity index is 1.58. The van der Waals surface area contributed by atoms with Gasteiger partial charge in [0, 0.05) is 42.7 Å². The predicted molar refractivity (Wildman–Crippen MR) is 143 cm³/mol. The number of carbonyl (C=O) groups excluding carboxylic acids is 2. The molecule has 2 amide bonds. The third-order valence-electron chi connectivity index (χ3n) is 5.81. The largest absolute Gasteiger partial charge is 0.444 e. The molecule has 0 aliphatic heterocycles. The van der Waals surface area contributed by atoms with Crippen molar-refractivity contribution in [3.8, 4) is 0 Å². The number of para-hydroxylation sites is 1. The third-order valence-corrected chi connectivity index (χ3v) is 5.81. The molecule has 2 aromatic carbocycles. The summed E-state index contributed by atoms with van der Waals surface area (Å²) in [7, 11) is 1.97. The van der Waals surface area contributed by atoms with E-state index in [-0.39, 0.29) is 5.91 Å². The van der Waals surface area contributed by atoms with E-state index in [0.717, 1.165) is 39.7 Å². The van der Waals surface area contributed by atoms with Crippen LogP contribution in [-0.2, 0) is 29.4 Å². The lowest BCUT2D eigenvalue weighted by Gasteiger charge is -2.23. The van der Waals surface area contributed by atoms with Crippen molar-refractivity contribution in [2.24, 2.45) is 13.0 Å². The Morgan fingerprint density at radius 1 is 1.11 bits per heavy atom. The fourth-order valence-electron chi connectivity index (χ4n) is 4.32. The molecule has 0 saturated carbocycles. The second-order valence-electron chi connectivity index (χ2n) is 10.7. The second-order valence-corrected chi connectivity index (χ2v) is 10.7. The number of H-pyrrole nitrogens is 1. The summed E-state index contributed by atoms with van der Waals surface area (Å²) in [5, 5.41) is 6.78. The van der Waals surface area contributed by atoms with Crippen molar-refractivity contribution in [3.05, 3.63) is 60.0 Å². The number of hydrogen-bond donors (Lipinski definition) is 3. The van der Waals surface area contributed by atoms with Crippen LogP contribution in [0.25, 0.3) is 21.9 Å². The lowest BCUT2D eigenvalue weighted by atomic mass is 10.0. The summed E-state index contributed by atoms with van der Waals surface area (Å²) < 4.78 is 7.46. The number of benzene rings is 2. The van der Waals surface area contributed by atoms with Crippen LogP contribution in [0.1, 0.15) is 46.0 Å². The van der Waals surface area contributed by atoms with Crippen molar-refractivity contribution < 1.29 is 14.3 Å². The first kappa shape index (κ1) is 25.3. The number of carbonyl (C=O) groups is 2. The van der Waals surface area contributed by atoms with E-state index in [4.69, 9.17) is 4.74 Å². The summed E-state index contributed by atoms with van der Waals surface area (Å²) in [6, 6.07) is 12.7. The number of fused-ring (bicyclic) bond motifs is 2. The summed E-state index contributed by atoms with van der Waals surface area (Å²) in [4.78, 5) is 34.0. The first-order valence-corrected chi connectivity index (χ1v) is 12.3. The summed E-state index contributed by atoms with van der Waals surface area (Å²) in [5.74, 6) is 1.08. The first-order valence-electron chi connectivity index (χ1n) is 12.3. The summed E-state index contributed by atoms with van der Waals surface area (Å²) >= 11 is 0. The van der Waals surface area contributed by atoms with Crippen LogP contribution in [0, 0.1) is 5.92 Å². The van der Waals surface area contributed by atoms with E-state index in [2.05, 4.69) is 34.4 Å². The maximum Gasteiger partial charge on any atom is 0.408 e. The number of imidazole rings is 1. The van der Waals surface area contributed by atoms with Gasteiger partial charge in [-0.05, 0) is 56.5 Å². The number of ether oxygens (including phenoxy) is 1. The van der Waals surface area contributed by atoms with Gasteiger partial charge in [0.2, 0.25) is 5.91 Å². The van der Waals surface area contributed by atoms with Crippen LogP contribution in [0.3, 0.4) is 0 Å². The summed E-state index contributed by atoms with van der Waals surface area (Å²) in [5.41, 5.74) is 3.68. The van der Waals surface area contributed by atoms with Crippen LogP contribution in [0.15, 0.2) is 48.7 Å². The van der Waals surface area contributed by atoms with Crippen LogP contribution in [-0.4, -0.2) is 38.2 Å². The van der Waals surface area contributed by atoms with E-state index in [1.165, 1.54) is 0 Å². The van der Waals surface area contributed by atoms with E-state index in [1.54, 1.807) is 20.8 Å². The van der Waals surface area contributed by atoms with Crippen molar-refractivity contribution in [2.75, 3.05) is 5.32 Å². The topological polar surface area (TPSA) is 101 Å². The minimum Gasteiger partial charge on any atom is -0.444 e. The molecule has 0 radical (unpaired) electrons. The zero-order valence-electron chi connectivity index (χ0n) is 21.8. The molecule has 2 aromatic heterocycles. The van der Waals surface area contributed by atoms with Gasteiger partial charge in [0.05, 0.1) is 11.0 Å². The normalized spacial score (nSPS) is 12.8. The molecular weight excluding hydrogens is 454 g/mol. The van der Waals surface area contributed by atoms with E-state index in [1.807, 2.05) is 60.3 Å². The molecule has 3 N–H and O–H groups in total. The Morgan fingerprint density at radius 3 is 2.58 bits per heavy atom. The van der Waals surface area contributed by atoms with Crippen LogP contribution in [0.5, 0.6) is 0 Å². The van der Waals surface area contributed by atoms with Gasteiger partial charge in [-0.15, -0.1) is 0 Å². The van der Waals surface area contributed by atoms with Gasteiger partial charge in [0.1, 0.15) is 17.5 Å². The number of hydrogen-bond acceptors (Lipinski definition) is 4. The number of amides is 2. The zero-order valence-corrected chi connectivity index (χ0v) is 21.8. The molecule has 0 aliphatic carbocycles. The standard InChI is InChI=1S/C28H35N5O3/c1-17(2)13-25-30-21-12-11-19(15-22(21)31-25)29-26(34)23(32-27(35)36-28(3,4)5)14-18-16-33(6)24-10-8-7-9-20(18)24/h7-12,15-17,23H,13-14H2,1-6H3,(H,29,34)(H,30,31)(H,32,35)/t23-/m0/s1. The summed E-state index contributed by atoms with van der Waals surface area (Å²) in [6.07, 6.45) is 2.53. The number of aryl methyl sites for hydroxylation is 1. The maximum absolute atomic E-state index is 13.4. The van der Waals surface area contributed by atoms with E-state index >= 15 is 0 Å². The Hall–Kier alpha value is -3.81. The van der Waals surface area contributed by atoms with Gasteiger partial charge in [-0.25, -0.2) is 9.78 Å². The Kier molecular flexibility index (Phi) is 7.06. The second kappa shape index (κ2) is 10.0. The van der Waals surface area contributed by atoms with E-state index in [9.17, 15) is 9.59 Å². The molecule has 36 heavy (non-hydrogen) atoms. The smallest absolute Gasteiger partial charge is 0.408 e. The molecule has 0 fully saturated rings. The molecule has 4 aromatic rings. The third kappa shape index (κ3) is 6.05. The number of nitrogens with zero attached hydrogens (tertiary/aromatic N) is 2. The van der Waals surface area contributed by atoms with Crippen molar-refractivity contribution >= 4 is 39.6 Å². The highest BCUT2D eigenvalue weighted by molar-refractivity contribution is 5.98. The molecular formula is C28H35N5O3. The van der Waals surface area contributed by atoms with Gasteiger partial charge < -0.3 is 24.9 Å². The van der Waals surface area contributed by atoms with Crippen molar-refractivity contribution in [1.29, 1.82) is 0 Å². The fraction of sp³-hybridized carbons (Fsp3) is 0.393. The Bertz CT molecular complexity index is 1390. The molecule has 0 spiro atoms. The van der Waals surface area contributed by atoms with Gasteiger partial charge in [-0.3, -0.25) is 4.79 Å². The molecule has 2 heterocycles. The minimum absolute atomic E-state index is 0.317. The molecule has 0 unspecified atom stereocenters. The molecule has 0 aliphatic rings. The molecule has 8 nitrogen and oxygen atoms in total. The molecule has 1 atom stereocenters. The summed E-state index contributed by atoms with van der Waals surface area (Å²) in [6.45, 7) is 9.66. The highest BCUT2D eigenvalue weighted by atomic mass is 16.6. The number of aromatic nitrogens is 3. The van der Waals surface area contributed by atoms with Crippen molar-refractivity contribution in [3.63, 3.8) is 0 Å². The SMILES string of the molecule is CC(C)Cc1nc2ccc(NC(=O)[C@H](Cc3cn(C)c4ccccc34)NC(=O)OC(C)(C)C)cc2[nH]1. The maximum atomic E-state index is 13.4. The van der Waals surface area contributed by atoms with Crippen LogP contribution in [0.2, 0.25) is 0 Å². The molecule has 0 saturated heterocycles. The lowest BCUT2D eigenvalue weighted by molar-refractivity contribution is -0.118. The van der Waals surface area contributed by atoms with Crippen LogP contribution in [0.4, 0.5) is 10.5 Å². The molecule has 8 heteroatoms. The van der Waals surface area contributed by atoms with Crippen LogP contribution >= 0.6 is 0 Å². The minimum atomic E-state index is -0.834. The highest BCUT2D eigenvalue weighted by Crippen LogP contribution is 2.23. The Morgan fingerprint density at radius 2 is 1.86 bits per heavy atom. The zero-order chi connectivity index (χ0) is 26.0. The van der Waals surface area contributed by atoms with Gasteiger partial charge in [-0.1, -0.05) is 32.0 Å². The van der Waals surface area contributed by atoms with Crippen molar-refractivity contribution in [2.45, 2.75) is 59.1 Å². The van der Waals surface area contributed by atoms with E-state index in [0.29, 0.717) is 18.0 Å². The van der Waals surface area contributed by atoms with Crippen LogP contribution < -0.4 is 10.6 Å². The predicted octanol–water partition coefficient (Wildman–Crippen LogP) is 5.33. The average molecular weight is 490 g/mol. The average Bonchev–Trinajstić information content (AvgIpc) is 3.31. The van der Waals surface area contributed by atoms with Gasteiger partial charge in [0.25, 0.3) is 0 Å². The van der Waals surface area contributed by atoms with E-state index < -0.39 is 17.7 Å². The first-order chi connectivity index (χ1) is 17.0. The lowest BCUT2D eigenvalue weighted by Crippen LogP contribution is -2.47. The monoisotopic (exact) mass is 489 g/mol. The molecule has 190 valence electrons. The fourth-order valence-corrected chi connectivity index (χ4v) is 4.32.